The third-order valence-corrected chi connectivity index (χ3v) is 5.48. The van der Waals surface area contributed by atoms with Crippen molar-refractivity contribution in [2.24, 2.45) is 0 Å². The Labute approximate surface area is 171 Å². The zero-order valence-electron chi connectivity index (χ0n) is 17.4. The van der Waals surface area contributed by atoms with Crippen molar-refractivity contribution in [2.75, 3.05) is 6.61 Å². The molecule has 0 aliphatic heterocycles. The summed E-state index contributed by atoms with van der Waals surface area (Å²) >= 11 is 1.68. The van der Waals surface area contributed by atoms with E-state index in [1.165, 1.54) is 16.0 Å². The topological polar surface area (TPSA) is 68.5 Å². The minimum absolute atomic E-state index is 0.0918. The maximum absolute atomic E-state index is 12.2. The molecule has 2 rings (SSSR count). The van der Waals surface area contributed by atoms with Gasteiger partial charge in [0, 0.05) is 4.90 Å². The smallest absolute Gasteiger partial charge is 0.328 e. The Bertz CT molecular complexity index is 835. The van der Waals surface area contributed by atoms with Gasteiger partial charge < -0.3 is 14.5 Å². The van der Waals surface area contributed by atoms with Crippen LogP contribution in [0.4, 0.5) is 0 Å². The molecule has 152 valence electrons. The average molecular weight is 404 g/mol. The number of benzene rings is 1. The van der Waals surface area contributed by atoms with E-state index >= 15 is 0 Å². The van der Waals surface area contributed by atoms with Crippen LogP contribution in [0.5, 0.6) is 0 Å². The van der Waals surface area contributed by atoms with Crippen LogP contribution in [0.2, 0.25) is 0 Å². The van der Waals surface area contributed by atoms with Crippen LogP contribution >= 0.6 is 11.8 Å². The predicted molar refractivity (Wildman–Crippen MR) is 112 cm³/mol. The molecule has 0 bridgehead atoms. The molecule has 0 radical (unpaired) electrons. The first-order chi connectivity index (χ1) is 13.1. The fourth-order valence-electron chi connectivity index (χ4n) is 2.54. The van der Waals surface area contributed by atoms with Crippen LogP contribution in [0.3, 0.4) is 0 Å². The van der Waals surface area contributed by atoms with Crippen LogP contribution in [0.1, 0.15) is 62.1 Å². The highest BCUT2D eigenvalue weighted by molar-refractivity contribution is 7.98. The molecule has 1 atom stereocenters. The van der Waals surface area contributed by atoms with Crippen molar-refractivity contribution in [3.63, 3.8) is 0 Å². The van der Waals surface area contributed by atoms with Crippen LogP contribution in [-0.2, 0) is 20.7 Å². The van der Waals surface area contributed by atoms with Crippen LogP contribution in [0.15, 0.2) is 39.6 Å². The lowest BCUT2D eigenvalue weighted by molar-refractivity contribution is -0.144. The summed E-state index contributed by atoms with van der Waals surface area (Å²) in [6, 6.07) is 9.22. The van der Waals surface area contributed by atoms with E-state index in [9.17, 15) is 9.59 Å². The standard InChI is InChI=1S/C22H29NO4S/c1-7-26-21(25)15(3)23-20(24)18-11-10-17(27-18)13-28-19-12-16(22(4,5)6)9-8-14(19)2/h8-12,15H,7,13H2,1-6H3,(H,23,24). The number of hydrogen-bond acceptors (Lipinski definition) is 5. The number of thioether (sulfide) groups is 1. The van der Waals surface area contributed by atoms with Gasteiger partial charge in [-0.05, 0) is 55.5 Å². The van der Waals surface area contributed by atoms with Gasteiger partial charge in [-0.25, -0.2) is 4.79 Å². The molecule has 0 spiro atoms. The molecule has 1 aromatic heterocycles. The lowest BCUT2D eigenvalue weighted by Crippen LogP contribution is -2.39. The van der Waals surface area contributed by atoms with Gasteiger partial charge in [-0.3, -0.25) is 4.79 Å². The maximum atomic E-state index is 12.2. The van der Waals surface area contributed by atoms with E-state index < -0.39 is 17.9 Å². The largest absolute Gasteiger partial charge is 0.464 e. The monoisotopic (exact) mass is 403 g/mol. The number of nitrogens with one attached hydrogen (secondary N) is 1. The summed E-state index contributed by atoms with van der Waals surface area (Å²) in [7, 11) is 0. The zero-order valence-corrected chi connectivity index (χ0v) is 18.2. The molecule has 1 unspecified atom stereocenters. The van der Waals surface area contributed by atoms with E-state index in [1.54, 1.807) is 37.7 Å². The van der Waals surface area contributed by atoms with E-state index in [0.717, 1.165) is 0 Å². The van der Waals surface area contributed by atoms with Gasteiger partial charge in [0.25, 0.3) is 5.91 Å². The Hall–Kier alpha value is -2.21. The lowest BCUT2D eigenvalue weighted by Gasteiger charge is -2.20. The molecule has 0 aliphatic rings. The number of hydrogen-bond donors (Lipinski definition) is 1. The van der Waals surface area contributed by atoms with Crippen LogP contribution in [0.25, 0.3) is 0 Å². The van der Waals surface area contributed by atoms with E-state index in [4.69, 9.17) is 9.15 Å². The van der Waals surface area contributed by atoms with E-state index in [2.05, 4.69) is 51.2 Å². The quantitative estimate of drug-likeness (QED) is 0.528. The number of carbonyl (C=O) groups excluding carboxylic acids is 2. The van der Waals surface area contributed by atoms with Crippen LogP contribution in [-0.4, -0.2) is 24.5 Å². The van der Waals surface area contributed by atoms with Crippen molar-refractivity contribution in [1.82, 2.24) is 5.32 Å². The van der Waals surface area contributed by atoms with Crippen LogP contribution in [0, 0.1) is 6.92 Å². The van der Waals surface area contributed by atoms with Gasteiger partial charge in [0.15, 0.2) is 5.76 Å². The minimum Gasteiger partial charge on any atom is -0.464 e. The minimum atomic E-state index is -0.724. The molecule has 5 nitrogen and oxygen atoms in total. The predicted octanol–water partition coefficient (Wildman–Crippen LogP) is 4.86. The summed E-state index contributed by atoms with van der Waals surface area (Å²) in [4.78, 5) is 25.1. The van der Waals surface area contributed by atoms with Crippen molar-refractivity contribution in [1.29, 1.82) is 0 Å². The average Bonchev–Trinajstić information content (AvgIpc) is 3.09. The van der Waals surface area contributed by atoms with E-state index in [-0.39, 0.29) is 17.8 Å². The molecule has 1 amide bonds. The molecular formula is C22H29NO4S. The van der Waals surface area contributed by atoms with Crippen molar-refractivity contribution >= 4 is 23.6 Å². The Morgan fingerprint density at radius 3 is 2.57 bits per heavy atom. The Morgan fingerprint density at radius 2 is 1.93 bits per heavy atom. The summed E-state index contributed by atoms with van der Waals surface area (Å²) < 4.78 is 10.6. The number of furan rings is 1. The summed E-state index contributed by atoms with van der Waals surface area (Å²) in [6.07, 6.45) is 0. The zero-order chi connectivity index (χ0) is 20.9. The Kier molecular flexibility index (Phi) is 7.35. The van der Waals surface area contributed by atoms with E-state index in [1.807, 2.05) is 0 Å². The number of carbonyl (C=O) groups is 2. The van der Waals surface area contributed by atoms with Crippen LogP contribution < -0.4 is 5.32 Å². The molecule has 1 heterocycles. The first-order valence-corrected chi connectivity index (χ1v) is 10.4. The molecule has 2 aromatic rings. The Balaban J connectivity index is 2.00. The van der Waals surface area contributed by atoms with Gasteiger partial charge in [-0.2, -0.15) is 0 Å². The number of aryl methyl sites for hydroxylation is 1. The third kappa shape index (κ3) is 5.89. The molecule has 0 saturated carbocycles. The maximum Gasteiger partial charge on any atom is 0.328 e. The molecule has 0 fully saturated rings. The fourth-order valence-corrected chi connectivity index (χ4v) is 3.50. The first kappa shape index (κ1) is 22.1. The van der Waals surface area contributed by atoms with Gasteiger partial charge in [0.1, 0.15) is 11.8 Å². The first-order valence-electron chi connectivity index (χ1n) is 9.42. The van der Waals surface area contributed by atoms with Crippen molar-refractivity contribution < 1.29 is 18.7 Å². The van der Waals surface area contributed by atoms with Gasteiger partial charge >= 0.3 is 5.97 Å². The molecule has 0 aliphatic carbocycles. The molecule has 1 aromatic carbocycles. The second kappa shape index (κ2) is 9.32. The number of rotatable bonds is 7. The number of amides is 1. The lowest BCUT2D eigenvalue weighted by atomic mass is 9.87. The van der Waals surface area contributed by atoms with Crippen molar-refractivity contribution in [2.45, 2.75) is 63.6 Å². The summed E-state index contributed by atoms with van der Waals surface area (Å²) in [5.74, 6) is 0.622. The second-order valence-corrected chi connectivity index (χ2v) is 8.75. The molecule has 28 heavy (non-hydrogen) atoms. The second-order valence-electron chi connectivity index (χ2n) is 7.73. The normalized spacial score (nSPS) is 12.5. The van der Waals surface area contributed by atoms with Crippen molar-refractivity contribution in [3.8, 4) is 0 Å². The summed E-state index contributed by atoms with van der Waals surface area (Å²) in [5, 5.41) is 2.59. The van der Waals surface area contributed by atoms with Gasteiger partial charge in [0.2, 0.25) is 0 Å². The summed E-state index contributed by atoms with van der Waals surface area (Å²) in [6.45, 7) is 12.3. The van der Waals surface area contributed by atoms with Gasteiger partial charge in [0.05, 0.1) is 12.4 Å². The molecule has 6 heteroatoms. The number of ether oxygens (including phenoxy) is 1. The molecule has 0 saturated heterocycles. The van der Waals surface area contributed by atoms with Gasteiger partial charge in [-0.1, -0.05) is 32.9 Å². The highest BCUT2D eigenvalue weighted by atomic mass is 32.2. The van der Waals surface area contributed by atoms with E-state index in [0.29, 0.717) is 11.5 Å². The number of esters is 1. The highest BCUT2D eigenvalue weighted by Crippen LogP contribution is 2.31. The van der Waals surface area contributed by atoms with Crippen molar-refractivity contribution in [3.05, 3.63) is 53.0 Å². The fraction of sp³-hybridized carbons (Fsp3) is 0.455. The summed E-state index contributed by atoms with van der Waals surface area (Å²) in [5.41, 5.74) is 2.59. The Morgan fingerprint density at radius 1 is 1.21 bits per heavy atom. The highest BCUT2D eigenvalue weighted by Gasteiger charge is 2.20. The third-order valence-electron chi connectivity index (χ3n) is 4.30. The SMILES string of the molecule is CCOC(=O)C(C)NC(=O)c1ccc(CSc2cc(C(C)(C)C)ccc2C)o1. The molecular weight excluding hydrogens is 374 g/mol. The molecule has 1 N–H and O–H groups in total. The van der Waals surface area contributed by atoms with Gasteiger partial charge in [-0.15, -0.1) is 11.8 Å².